The lowest BCUT2D eigenvalue weighted by molar-refractivity contribution is 0.216. The Morgan fingerprint density at radius 3 is 2.63 bits per heavy atom. The zero-order chi connectivity index (χ0) is 26.0. The fourth-order valence-corrected chi connectivity index (χ4v) is 7.47. The van der Waals surface area contributed by atoms with Gasteiger partial charge >= 0.3 is 6.03 Å². The molecule has 2 bridgehead atoms. The number of anilines is 1. The average molecular weight is 535 g/mol. The maximum absolute atomic E-state index is 13.6. The molecule has 0 radical (unpaired) electrons. The molecule has 0 spiro atoms. The molecule has 2 aromatic heterocycles. The second-order valence-electron chi connectivity index (χ2n) is 10.8. The number of sulfonamides is 1. The normalized spacial score (nSPS) is 22.0. The molecule has 2 fully saturated rings. The summed E-state index contributed by atoms with van der Waals surface area (Å²) in [6.45, 7) is 2.44. The highest BCUT2D eigenvalue weighted by Crippen LogP contribution is 2.44. The number of carbonyl (C=O) groups is 1. The van der Waals surface area contributed by atoms with Gasteiger partial charge in [0.25, 0.3) is 10.0 Å². The first kappa shape index (κ1) is 23.7. The minimum absolute atomic E-state index is 0.0223. The summed E-state index contributed by atoms with van der Waals surface area (Å²) in [6, 6.07) is 6.62. The lowest BCUT2D eigenvalue weighted by Crippen LogP contribution is -2.36. The number of carbonyl (C=O) groups excluding carboxylic acids is 1. The van der Waals surface area contributed by atoms with Gasteiger partial charge < -0.3 is 10.4 Å². The molecule has 2 amide bonds. The van der Waals surface area contributed by atoms with Crippen LogP contribution in [0.25, 0.3) is 11.1 Å². The van der Waals surface area contributed by atoms with Gasteiger partial charge in [0.1, 0.15) is 0 Å². The Morgan fingerprint density at radius 1 is 1.05 bits per heavy atom. The number of nitrogens with one attached hydrogen (secondary N) is 2. The highest BCUT2D eigenvalue weighted by molar-refractivity contribution is 7.90. The van der Waals surface area contributed by atoms with Crippen molar-refractivity contribution in [2.75, 3.05) is 18.4 Å². The van der Waals surface area contributed by atoms with Crippen LogP contribution in [0, 0.1) is 0 Å². The number of hydrogen-bond acceptors (Lipinski definition) is 7. The third kappa shape index (κ3) is 4.04. The minimum atomic E-state index is -4.21. The van der Waals surface area contributed by atoms with E-state index in [1.807, 2.05) is 16.8 Å². The Morgan fingerprint density at radius 2 is 1.87 bits per heavy atom. The Bertz CT molecular complexity index is 1550. The summed E-state index contributed by atoms with van der Waals surface area (Å²) < 4.78 is 31.5. The molecular weight excluding hydrogens is 504 g/mol. The van der Waals surface area contributed by atoms with Crippen molar-refractivity contribution in [1.82, 2.24) is 24.4 Å². The van der Waals surface area contributed by atoms with Crippen molar-refractivity contribution in [3.63, 3.8) is 0 Å². The lowest BCUT2D eigenvalue weighted by Gasteiger charge is -2.27. The van der Waals surface area contributed by atoms with Crippen molar-refractivity contribution in [1.29, 1.82) is 0 Å². The predicted molar refractivity (Wildman–Crippen MR) is 140 cm³/mol. The maximum Gasteiger partial charge on any atom is 0.333 e. The molecule has 1 saturated carbocycles. The smallest absolute Gasteiger partial charge is 0.333 e. The van der Waals surface area contributed by atoms with E-state index in [-0.39, 0.29) is 16.9 Å². The van der Waals surface area contributed by atoms with E-state index >= 15 is 0 Å². The van der Waals surface area contributed by atoms with Crippen molar-refractivity contribution in [3.05, 3.63) is 52.8 Å². The van der Waals surface area contributed by atoms with Gasteiger partial charge in [-0.15, -0.1) is 0 Å². The van der Waals surface area contributed by atoms with E-state index in [2.05, 4.69) is 25.0 Å². The van der Waals surface area contributed by atoms with Crippen molar-refractivity contribution >= 4 is 21.7 Å². The molecule has 2 aliphatic carbocycles. The van der Waals surface area contributed by atoms with Gasteiger partial charge in [-0.3, -0.25) is 9.58 Å². The van der Waals surface area contributed by atoms with Crippen molar-refractivity contribution in [2.45, 2.75) is 68.5 Å². The highest BCUT2D eigenvalue weighted by Gasteiger charge is 2.41. The topological polar surface area (TPSA) is 129 Å². The standard InChI is InChI=1S/C27H30N6O4S/c34-23-14-18(8-11-28-23)21-7-4-16-2-1-3-20(16)24(21)29-27(35)31-38(36,37)26-22-15-32-12-9-17(10-13-32)25(22)33(30-26)19-5-6-19/h4,7-8,11,14,17,19H,1-3,5-6,9-10,12-13,15H2,(H,28,34)(H2,29,31,35). The second-order valence-corrected chi connectivity index (χ2v) is 12.4. The Hall–Kier alpha value is -3.44. The minimum Gasteiger partial charge on any atom is -0.493 e. The van der Waals surface area contributed by atoms with E-state index in [0.29, 0.717) is 29.3 Å². The first-order valence-electron chi connectivity index (χ1n) is 13.3. The fourth-order valence-electron chi connectivity index (χ4n) is 6.39. The molecule has 38 heavy (non-hydrogen) atoms. The molecule has 5 heterocycles. The monoisotopic (exact) mass is 534 g/mol. The number of aromatic hydroxyl groups is 1. The summed E-state index contributed by atoms with van der Waals surface area (Å²) in [5.41, 5.74) is 5.85. The van der Waals surface area contributed by atoms with E-state index in [1.54, 1.807) is 6.07 Å². The second kappa shape index (κ2) is 8.81. The molecule has 1 aromatic carbocycles. The Labute approximate surface area is 221 Å². The number of fused-ring (bicyclic) bond motifs is 3. The highest BCUT2D eigenvalue weighted by atomic mass is 32.2. The van der Waals surface area contributed by atoms with Crippen LogP contribution in [0.3, 0.4) is 0 Å². The number of rotatable bonds is 5. The van der Waals surface area contributed by atoms with Gasteiger partial charge in [0.05, 0.1) is 11.7 Å². The van der Waals surface area contributed by atoms with Crippen LogP contribution in [-0.2, 0) is 29.4 Å². The van der Waals surface area contributed by atoms with Crippen LogP contribution in [0.15, 0.2) is 35.5 Å². The van der Waals surface area contributed by atoms with E-state index in [0.717, 1.165) is 80.4 Å². The number of aryl methyl sites for hydroxylation is 1. The third-order valence-electron chi connectivity index (χ3n) is 8.32. The van der Waals surface area contributed by atoms with E-state index in [4.69, 9.17) is 0 Å². The van der Waals surface area contributed by atoms with Crippen LogP contribution in [0.2, 0.25) is 0 Å². The Balaban J connectivity index is 1.22. The molecule has 3 N–H and O–H groups in total. The van der Waals surface area contributed by atoms with Crippen LogP contribution in [0.4, 0.5) is 10.5 Å². The molecule has 3 aliphatic heterocycles. The number of amides is 2. The largest absolute Gasteiger partial charge is 0.493 e. The first-order chi connectivity index (χ1) is 18.4. The predicted octanol–water partition coefficient (Wildman–Crippen LogP) is 3.68. The van der Waals surface area contributed by atoms with Gasteiger partial charge in [-0.2, -0.15) is 13.5 Å². The van der Waals surface area contributed by atoms with Gasteiger partial charge in [-0.1, -0.05) is 12.1 Å². The summed E-state index contributed by atoms with van der Waals surface area (Å²) in [4.78, 5) is 19.4. The molecule has 11 heteroatoms. The van der Waals surface area contributed by atoms with Crippen molar-refractivity contribution in [2.24, 2.45) is 0 Å². The molecule has 3 aromatic rings. The summed E-state index contributed by atoms with van der Waals surface area (Å²) >= 11 is 0. The van der Waals surface area contributed by atoms with Crippen LogP contribution < -0.4 is 10.0 Å². The molecule has 1 saturated heterocycles. The molecular formula is C27H30N6O4S. The van der Waals surface area contributed by atoms with Gasteiger partial charge in [-0.05, 0) is 80.8 Å². The number of aromatic nitrogens is 3. The summed E-state index contributed by atoms with van der Waals surface area (Å²) in [5.74, 6) is 0.179. The van der Waals surface area contributed by atoms with E-state index in [9.17, 15) is 18.3 Å². The van der Waals surface area contributed by atoms with Crippen LogP contribution in [0.1, 0.15) is 66.4 Å². The van der Waals surface area contributed by atoms with Crippen molar-refractivity contribution in [3.8, 4) is 17.0 Å². The number of piperidine rings is 1. The molecule has 0 unspecified atom stereocenters. The first-order valence-corrected chi connectivity index (χ1v) is 14.8. The molecule has 8 rings (SSSR count). The average Bonchev–Trinajstić information content (AvgIpc) is 3.58. The Kier molecular flexibility index (Phi) is 5.48. The third-order valence-corrected chi connectivity index (χ3v) is 9.61. The van der Waals surface area contributed by atoms with E-state index in [1.165, 1.54) is 12.3 Å². The van der Waals surface area contributed by atoms with Crippen LogP contribution in [0.5, 0.6) is 5.88 Å². The van der Waals surface area contributed by atoms with E-state index < -0.39 is 16.1 Å². The fraction of sp³-hybridized carbons (Fsp3) is 0.444. The van der Waals surface area contributed by atoms with Gasteiger partial charge in [0.15, 0.2) is 0 Å². The molecule has 5 aliphatic rings. The number of hydrogen-bond donors (Lipinski definition) is 3. The molecule has 198 valence electrons. The maximum atomic E-state index is 13.6. The van der Waals surface area contributed by atoms with Gasteiger partial charge in [0, 0.05) is 41.5 Å². The van der Waals surface area contributed by atoms with Crippen LogP contribution in [-0.4, -0.2) is 52.3 Å². The SMILES string of the molecule is O=C(Nc1c(-c2ccnc(O)c2)ccc2c1CCC2)NS(=O)(=O)c1nn(C2CC2)c2c1CN1CCC2CC1. The number of urea groups is 1. The molecule has 10 nitrogen and oxygen atoms in total. The number of benzene rings is 1. The summed E-state index contributed by atoms with van der Waals surface area (Å²) in [5, 5.41) is 17.3. The van der Waals surface area contributed by atoms with Crippen molar-refractivity contribution < 1.29 is 18.3 Å². The quantitative estimate of drug-likeness (QED) is 0.455. The summed E-state index contributed by atoms with van der Waals surface area (Å²) in [7, 11) is -4.21. The lowest BCUT2D eigenvalue weighted by atomic mass is 9.94. The van der Waals surface area contributed by atoms with Gasteiger partial charge in [0.2, 0.25) is 10.9 Å². The molecule has 0 atom stereocenters. The van der Waals surface area contributed by atoms with Crippen LogP contribution >= 0.6 is 0 Å². The zero-order valence-corrected chi connectivity index (χ0v) is 21.8. The number of nitrogens with zero attached hydrogens (tertiary/aromatic N) is 4. The zero-order valence-electron chi connectivity index (χ0n) is 21.0. The summed E-state index contributed by atoms with van der Waals surface area (Å²) in [6.07, 6.45) is 8.15. The number of pyridine rings is 1. The van der Waals surface area contributed by atoms with Gasteiger partial charge in [-0.25, -0.2) is 14.5 Å².